The first kappa shape index (κ1) is 12.3. The molecule has 1 aromatic heterocycles. The van der Waals surface area contributed by atoms with E-state index in [1.807, 2.05) is 17.5 Å². The maximum absolute atomic E-state index is 12.1. The second kappa shape index (κ2) is 5.00. The number of carboxylic acids is 1. The van der Waals surface area contributed by atoms with Crippen LogP contribution in [0, 0.1) is 5.41 Å². The van der Waals surface area contributed by atoms with Gasteiger partial charge in [-0.2, -0.15) is 0 Å². The van der Waals surface area contributed by atoms with E-state index in [0.29, 0.717) is 6.42 Å². The van der Waals surface area contributed by atoms with Crippen molar-refractivity contribution in [3.8, 4) is 0 Å². The Bertz CT molecular complexity index is 402. The molecule has 0 aliphatic heterocycles. The molecule has 0 amide bonds. The van der Waals surface area contributed by atoms with Crippen LogP contribution in [0.25, 0.3) is 0 Å². The molecule has 0 unspecified atom stereocenters. The van der Waals surface area contributed by atoms with Crippen molar-refractivity contribution in [1.82, 2.24) is 0 Å². The van der Waals surface area contributed by atoms with Gasteiger partial charge < -0.3 is 5.11 Å². The highest BCUT2D eigenvalue weighted by Gasteiger charge is 2.38. The number of carbonyl (C=O) groups is 2. The predicted octanol–water partition coefficient (Wildman–Crippen LogP) is 3.36. The Morgan fingerprint density at radius 1 is 1.29 bits per heavy atom. The van der Waals surface area contributed by atoms with Gasteiger partial charge in [-0.3, -0.25) is 9.59 Å². The first-order valence-corrected chi connectivity index (χ1v) is 6.78. The topological polar surface area (TPSA) is 54.4 Å². The molecular formula is C13H16O3S. The Hall–Kier alpha value is -1.16. The van der Waals surface area contributed by atoms with Crippen LogP contribution in [-0.4, -0.2) is 16.9 Å². The molecule has 3 nitrogen and oxygen atoms in total. The quantitative estimate of drug-likeness (QED) is 0.817. The highest BCUT2D eigenvalue weighted by Crippen LogP contribution is 2.44. The molecule has 4 heteroatoms. The van der Waals surface area contributed by atoms with Crippen LogP contribution in [0.5, 0.6) is 0 Å². The molecule has 1 aliphatic carbocycles. The lowest BCUT2D eigenvalue weighted by atomic mass is 9.78. The normalized spacial score (nSPS) is 18.1. The zero-order chi connectivity index (χ0) is 12.3. The van der Waals surface area contributed by atoms with Gasteiger partial charge in [0.15, 0.2) is 5.78 Å². The SMILES string of the molecule is O=C(O)CC1(CC(=O)c2cccs2)CCCC1. The summed E-state index contributed by atoms with van der Waals surface area (Å²) < 4.78 is 0. The van der Waals surface area contributed by atoms with Gasteiger partial charge in [-0.05, 0) is 29.7 Å². The second-order valence-electron chi connectivity index (χ2n) is 4.85. The summed E-state index contributed by atoms with van der Waals surface area (Å²) in [6.45, 7) is 0. The Morgan fingerprint density at radius 3 is 2.53 bits per heavy atom. The number of rotatable bonds is 5. The fourth-order valence-electron chi connectivity index (χ4n) is 2.73. The van der Waals surface area contributed by atoms with E-state index in [0.717, 1.165) is 30.6 Å². The summed E-state index contributed by atoms with van der Waals surface area (Å²) in [6, 6.07) is 3.67. The number of Topliss-reactive ketones (excluding diaryl/α,β-unsaturated/α-hetero) is 1. The van der Waals surface area contributed by atoms with Gasteiger partial charge in [0.25, 0.3) is 0 Å². The number of hydrogen-bond acceptors (Lipinski definition) is 3. The van der Waals surface area contributed by atoms with E-state index >= 15 is 0 Å². The molecule has 1 fully saturated rings. The van der Waals surface area contributed by atoms with Crippen molar-refractivity contribution in [3.05, 3.63) is 22.4 Å². The van der Waals surface area contributed by atoms with Crippen molar-refractivity contribution in [2.45, 2.75) is 38.5 Å². The molecule has 2 rings (SSSR count). The average Bonchev–Trinajstić information content (AvgIpc) is 2.86. The van der Waals surface area contributed by atoms with Crippen LogP contribution in [0.15, 0.2) is 17.5 Å². The summed E-state index contributed by atoms with van der Waals surface area (Å²) in [5, 5.41) is 10.9. The minimum absolute atomic E-state index is 0.100. The molecule has 17 heavy (non-hydrogen) atoms. The van der Waals surface area contributed by atoms with Crippen LogP contribution in [0.4, 0.5) is 0 Å². The third kappa shape index (κ3) is 2.94. The first-order chi connectivity index (χ1) is 8.11. The van der Waals surface area contributed by atoms with Gasteiger partial charge in [0, 0.05) is 6.42 Å². The molecule has 92 valence electrons. The summed E-state index contributed by atoms with van der Waals surface area (Å²) >= 11 is 1.44. The standard InChI is InChI=1S/C13H16O3S/c14-10(11-4-3-7-17-11)8-13(9-12(15)16)5-1-2-6-13/h3-4,7H,1-2,5-6,8-9H2,(H,15,16). The monoisotopic (exact) mass is 252 g/mol. The van der Waals surface area contributed by atoms with E-state index in [1.54, 1.807) is 0 Å². The second-order valence-corrected chi connectivity index (χ2v) is 5.80. The van der Waals surface area contributed by atoms with Crippen LogP contribution >= 0.6 is 11.3 Å². The minimum Gasteiger partial charge on any atom is -0.481 e. The van der Waals surface area contributed by atoms with Crippen LogP contribution in [0.2, 0.25) is 0 Å². The van der Waals surface area contributed by atoms with Gasteiger partial charge >= 0.3 is 5.97 Å². The van der Waals surface area contributed by atoms with Gasteiger partial charge in [-0.25, -0.2) is 0 Å². The van der Waals surface area contributed by atoms with E-state index in [9.17, 15) is 9.59 Å². The number of aliphatic carboxylic acids is 1. The molecule has 0 radical (unpaired) electrons. The third-order valence-corrected chi connectivity index (χ3v) is 4.43. The van der Waals surface area contributed by atoms with Gasteiger partial charge in [0.2, 0.25) is 0 Å². The molecule has 0 spiro atoms. The van der Waals surface area contributed by atoms with Crippen molar-refractivity contribution in [3.63, 3.8) is 0 Å². The van der Waals surface area contributed by atoms with Crippen LogP contribution < -0.4 is 0 Å². The fourth-order valence-corrected chi connectivity index (χ4v) is 3.39. The number of ketones is 1. The van der Waals surface area contributed by atoms with Crippen LogP contribution in [0.3, 0.4) is 0 Å². The largest absolute Gasteiger partial charge is 0.481 e. The maximum Gasteiger partial charge on any atom is 0.303 e. The van der Waals surface area contributed by atoms with Crippen molar-refractivity contribution in [1.29, 1.82) is 0 Å². The first-order valence-electron chi connectivity index (χ1n) is 5.90. The maximum atomic E-state index is 12.1. The zero-order valence-corrected chi connectivity index (χ0v) is 10.5. The molecule has 0 saturated heterocycles. The molecule has 0 aromatic carbocycles. The molecule has 1 aromatic rings. The van der Waals surface area contributed by atoms with Crippen molar-refractivity contribution in [2.75, 3.05) is 0 Å². The number of thiophene rings is 1. The molecule has 1 aliphatic rings. The summed E-state index contributed by atoms with van der Waals surface area (Å²) in [5.74, 6) is -0.686. The number of carbonyl (C=O) groups excluding carboxylic acids is 1. The highest BCUT2D eigenvalue weighted by molar-refractivity contribution is 7.12. The van der Waals surface area contributed by atoms with E-state index < -0.39 is 5.97 Å². The fraction of sp³-hybridized carbons (Fsp3) is 0.538. The Balaban J connectivity index is 2.08. The lowest BCUT2D eigenvalue weighted by Crippen LogP contribution is -2.24. The highest BCUT2D eigenvalue weighted by atomic mass is 32.1. The number of hydrogen-bond donors (Lipinski definition) is 1. The van der Waals surface area contributed by atoms with E-state index in [1.165, 1.54) is 11.3 Å². The molecule has 0 bridgehead atoms. The predicted molar refractivity (Wildman–Crippen MR) is 66.4 cm³/mol. The minimum atomic E-state index is -0.786. The zero-order valence-electron chi connectivity index (χ0n) is 9.65. The third-order valence-electron chi connectivity index (χ3n) is 3.52. The average molecular weight is 252 g/mol. The van der Waals surface area contributed by atoms with Crippen LogP contribution in [0.1, 0.15) is 48.2 Å². The smallest absolute Gasteiger partial charge is 0.303 e. The van der Waals surface area contributed by atoms with Crippen molar-refractivity contribution >= 4 is 23.1 Å². The molecular weight excluding hydrogens is 236 g/mol. The molecule has 1 heterocycles. The summed E-state index contributed by atoms with van der Waals surface area (Å²) in [7, 11) is 0. The lowest BCUT2D eigenvalue weighted by Gasteiger charge is -2.25. The summed E-state index contributed by atoms with van der Waals surface area (Å²) in [4.78, 5) is 23.7. The molecule has 1 saturated carbocycles. The van der Waals surface area contributed by atoms with Crippen molar-refractivity contribution in [2.24, 2.45) is 5.41 Å². The van der Waals surface area contributed by atoms with Crippen LogP contribution in [-0.2, 0) is 4.79 Å². The van der Waals surface area contributed by atoms with E-state index in [4.69, 9.17) is 5.11 Å². The molecule has 1 N–H and O–H groups in total. The molecule has 0 atom stereocenters. The Labute approximate surface area is 104 Å². The van der Waals surface area contributed by atoms with Gasteiger partial charge in [0.1, 0.15) is 0 Å². The van der Waals surface area contributed by atoms with Gasteiger partial charge in [-0.15, -0.1) is 11.3 Å². The van der Waals surface area contributed by atoms with E-state index in [2.05, 4.69) is 0 Å². The van der Waals surface area contributed by atoms with Crippen molar-refractivity contribution < 1.29 is 14.7 Å². The number of carboxylic acid groups (broad SMARTS) is 1. The summed E-state index contributed by atoms with van der Waals surface area (Å²) in [6.07, 6.45) is 4.35. The van der Waals surface area contributed by atoms with Gasteiger partial charge in [-0.1, -0.05) is 18.9 Å². The lowest BCUT2D eigenvalue weighted by molar-refractivity contribution is -0.139. The van der Waals surface area contributed by atoms with E-state index in [-0.39, 0.29) is 17.6 Å². The van der Waals surface area contributed by atoms with Gasteiger partial charge in [0.05, 0.1) is 11.3 Å². The Kier molecular flexibility index (Phi) is 3.62. The summed E-state index contributed by atoms with van der Waals surface area (Å²) in [5.41, 5.74) is -0.285. The Morgan fingerprint density at radius 2 is 2.00 bits per heavy atom.